The van der Waals surface area contributed by atoms with E-state index in [1.807, 2.05) is 0 Å². The molecule has 0 amide bonds. The van der Waals surface area contributed by atoms with Gasteiger partial charge in [-0.25, -0.2) is 5.48 Å². The molecule has 0 aromatic carbocycles. The van der Waals surface area contributed by atoms with Crippen molar-refractivity contribution in [3.63, 3.8) is 0 Å². The smallest absolute Gasteiger partial charge is 0.0990 e. The highest BCUT2D eigenvalue weighted by Crippen LogP contribution is 1.90. The molecule has 0 saturated heterocycles. The largest absolute Gasteiger partial charge is 0.389 e. The van der Waals surface area contributed by atoms with E-state index < -0.39 is 12.2 Å². The molecule has 4 heteroatoms. The third-order valence-electron chi connectivity index (χ3n) is 0.936. The van der Waals surface area contributed by atoms with Crippen molar-refractivity contribution in [2.24, 2.45) is 0 Å². The molecule has 0 aromatic rings. The number of rotatable bonds is 4. The van der Waals surface area contributed by atoms with Crippen LogP contribution >= 0.6 is 0 Å². The Balaban J connectivity index is 3.44. The van der Waals surface area contributed by atoms with Gasteiger partial charge in [0.25, 0.3) is 0 Å². The maximum absolute atomic E-state index is 8.77. The Morgan fingerprint density at radius 2 is 2.11 bits per heavy atom. The van der Waals surface area contributed by atoms with Gasteiger partial charge in [-0.2, -0.15) is 0 Å². The van der Waals surface area contributed by atoms with Crippen LogP contribution < -0.4 is 5.48 Å². The van der Waals surface area contributed by atoms with E-state index >= 15 is 0 Å². The average molecular weight is 133 g/mol. The molecule has 2 atom stereocenters. The molecule has 0 unspecified atom stereocenters. The van der Waals surface area contributed by atoms with Crippen LogP contribution in [0.5, 0.6) is 0 Å². The van der Waals surface area contributed by atoms with Crippen LogP contribution in [0.15, 0.2) is 12.7 Å². The molecule has 0 fully saturated rings. The predicted molar refractivity (Wildman–Crippen MR) is 32.0 cm³/mol. The predicted octanol–water partition coefficient (Wildman–Crippen LogP) is -1.13. The van der Waals surface area contributed by atoms with E-state index in [0.29, 0.717) is 0 Å². The van der Waals surface area contributed by atoms with E-state index in [-0.39, 0.29) is 6.54 Å². The summed E-state index contributed by atoms with van der Waals surface area (Å²) in [7, 11) is 0. The molecule has 0 aliphatic heterocycles. The Morgan fingerprint density at radius 1 is 1.56 bits per heavy atom. The van der Waals surface area contributed by atoms with Crippen molar-refractivity contribution in [2.45, 2.75) is 12.2 Å². The summed E-state index contributed by atoms with van der Waals surface area (Å²) in [5.41, 5.74) is 1.72. The van der Waals surface area contributed by atoms with Crippen molar-refractivity contribution in [1.82, 2.24) is 5.48 Å². The first kappa shape index (κ1) is 8.58. The molecular formula is C5H11NO3. The van der Waals surface area contributed by atoms with Gasteiger partial charge >= 0.3 is 0 Å². The SMILES string of the molecule is C=C[C@H](O)[C@H](O)CNO. The summed E-state index contributed by atoms with van der Waals surface area (Å²) >= 11 is 0. The Morgan fingerprint density at radius 3 is 2.44 bits per heavy atom. The Kier molecular flexibility index (Phi) is 4.25. The molecule has 0 aromatic heterocycles. The molecule has 0 heterocycles. The number of nitrogens with one attached hydrogen (secondary N) is 1. The number of aliphatic hydroxyl groups excluding tert-OH is 2. The molecule has 0 bridgehead atoms. The lowest BCUT2D eigenvalue weighted by Gasteiger charge is -2.11. The van der Waals surface area contributed by atoms with Crippen LogP contribution in [0.4, 0.5) is 0 Å². The number of hydroxylamine groups is 1. The molecule has 9 heavy (non-hydrogen) atoms. The van der Waals surface area contributed by atoms with Gasteiger partial charge in [0.2, 0.25) is 0 Å². The maximum Gasteiger partial charge on any atom is 0.0990 e. The van der Waals surface area contributed by atoms with Crippen molar-refractivity contribution in [1.29, 1.82) is 0 Å². The Labute approximate surface area is 53.4 Å². The van der Waals surface area contributed by atoms with Gasteiger partial charge in [-0.05, 0) is 0 Å². The first-order valence-electron chi connectivity index (χ1n) is 2.58. The van der Waals surface area contributed by atoms with Gasteiger partial charge in [0.05, 0.1) is 12.2 Å². The van der Waals surface area contributed by atoms with Crippen molar-refractivity contribution in [3.8, 4) is 0 Å². The molecule has 0 aliphatic carbocycles. The molecule has 0 rings (SSSR count). The fourth-order valence-corrected chi connectivity index (χ4v) is 0.371. The van der Waals surface area contributed by atoms with Gasteiger partial charge in [-0.1, -0.05) is 6.08 Å². The Hall–Kier alpha value is -0.420. The molecule has 0 spiro atoms. The lowest BCUT2D eigenvalue weighted by Crippen LogP contribution is -2.33. The summed E-state index contributed by atoms with van der Waals surface area (Å²) in [5, 5.41) is 25.5. The lowest BCUT2D eigenvalue weighted by atomic mass is 10.2. The minimum absolute atomic E-state index is 0.0623. The summed E-state index contributed by atoms with van der Waals surface area (Å²) in [6, 6.07) is 0. The van der Waals surface area contributed by atoms with Crippen LogP contribution in [0.2, 0.25) is 0 Å². The molecule has 0 aliphatic rings. The third-order valence-corrected chi connectivity index (χ3v) is 0.936. The first-order chi connectivity index (χ1) is 4.22. The standard InChI is InChI=1S/C5H11NO3/c1-2-4(7)5(8)3-6-9/h2,4-9H,1,3H2/t4-,5+/m0/s1. The highest BCUT2D eigenvalue weighted by Gasteiger charge is 2.10. The first-order valence-corrected chi connectivity index (χ1v) is 2.58. The van der Waals surface area contributed by atoms with Gasteiger partial charge in [-0.3, -0.25) is 0 Å². The topological polar surface area (TPSA) is 72.7 Å². The zero-order valence-corrected chi connectivity index (χ0v) is 4.99. The van der Waals surface area contributed by atoms with E-state index in [4.69, 9.17) is 15.4 Å². The van der Waals surface area contributed by atoms with E-state index in [1.165, 1.54) is 6.08 Å². The number of hydrogen-bond acceptors (Lipinski definition) is 4. The molecule has 54 valence electrons. The summed E-state index contributed by atoms with van der Waals surface area (Å²) in [6.07, 6.45) is -0.778. The molecule has 0 radical (unpaired) electrons. The van der Waals surface area contributed by atoms with Gasteiger partial charge in [0.1, 0.15) is 0 Å². The van der Waals surface area contributed by atoms with E-state index in [2.05, 4.69) is 6.58 Å². The van der Waals surface area contributed by atoms with Crippen molar-refractivity contribution in [3.05, 3.63) is 12.7 Å². The second kappa shape index (κ2) is 4.46. The number of aliphatic hydroxyl groups is 2. The molecular weight excluding hydrogens is 122 g/mol. The summed E-state index contributed by atoms with van der Waals surface area (Å²) in [4.78, 5) is 0. The minimum Gasteiger partial charge on any atom is -0.389 e. The van der Waals surface area contributed by atoms with Crippen LogP contribution in [0, 0.1) is 0 Å². The lowest BCUT2D eigenvalue weighted by molar-refractivity contribution is 0.0204. The molecule has 4 N–H and O–H groups in total. The highest BCUT2D eigenvalue weighted by molar-refractivity contribution is 4.84. The second-order valence-electron chi connectivity index (χ2n) is 1.66. The summed E-state index contributed by atoms with van der Waals surface area (Å²) in [6.45, 7) is 3.18. The zero-order valence-electron chi connectivity index (χ0n) is 4.99. The second-order valence-corrected chi connectivity index (χ2v) is 1.66. The van der Waals surface area contributed by atoms with Crippen LogP contribution in [-0.4, -0.2) is 34.2 Å². The molecule has 0 saturated carbocycles. The fraction of sp³-hybridized carbons (Fsp3) is 0.600. The van der Waals surface area contributed by atoms with E-state index in [0.717, 1.165) is 0 Å². The minimum atomic E-state index is -0.993. The van der Waals surface area contributed by atoms with Crippen molar-refractivity contribution in [2.75, 3.05) is 6.54 Å². The van der Waals surface area contributed by atoms with Crippen LogP contribution in [0.3, 0.4) is 0 Å². The van der Waals surface area contributed by atoms with Gasteiger partial charge < -0.3 is 15.4 Å². The van der Waals surface area contributed by atoms with Crippen LogP contribution in [0.25, 0.3) is 0 Å². The quantitative estimate of drug-likeness (QED) is 0.289. The van der Waals surface area contributed by atoms with E-state index in [1.54, 1.807) is 5.48 Å². The van der Waals surface area contributed by atoms with E-state index in [9.17, 15) is 0 Å². The maximum atomic E-state index is 8.77. The van der Waals surface area contributed by atoms with Crippen LogP contribution in [-0.2, 0) is 0 Å². The van der Waals surface area contributed by atoms with Crippen molar-refractivity contribution >= 4 is 0 Å². The molecule has 4 nitrogen and oxygen atoms in total. The van der Waals surface area contributed by atoms with Gasteiger partial charge in [0, 0.05) is 6.54 Å². The normalized spacial score (nSPS) is 16.8. The van der Waals surface area contributed by atoms with Crippen LogP contribution in [0.1, 0.15) is 0 Å². The fourth-order valence-electron chi connectivity index (χ4n) is 0.371. The monoisotopic (exact) mass is 133 g/mol. The van der Waals surface area contributed by atoms with Crippen molar-refractivity contribution < 1.29 is 15.4 Å². The summed E-state index contributed by atoms with van der Waals surface area (Å²) < 4.78 is 0. The Bertz CT molecular complexity index is 86.3. The highest BCUT2D eigenvalue weighted by atomic mass is 16.5. The van der Waals surface area contributed by atoms with Gasteiger partial charge in [-0.15, -0.1) is 6.58 Å². The summed E-state index contributed by atoms with van der Waals surface area (Å²) in [5.74, 6) is 0. The number of hydrogen-bond donors (Lipinski definition) is 4. The van der Waals surface area contributed by atoms with Gasteiger partial charge in [0.15, 0.2) is 0 Å². The average Bonchev–Trinajstić information content (AvgIpc) is 1.87. The zero-order chi connectivity index (χ0) is 7.28. The third kappa shape index (κ3) is 3.21.